The number of guanidine groups is 1. The number of nitrogens with zero attached hydrogens (tertiary/aromatic N) is 5. The topological polar surface area (TPSA) is 85.8 Å². The summed E-state index contributed by atoms with van der Waals surface area (Å²) in [5, 5.41) is 6.98. The van der Waals surface area contributed by atoms with Gasteiger partial charge < -0.3 is 20.4 Å². The quantitative estimate of drug-likeness (QED) is 0.358. The maximum atomic E-state index is 11.7. The molecule has 2 heterocycles. The lowest BCUT2D eigenvalue weighted by Gasteiger charge is -2.36. The fourth-order valence-electron chi connectivity index (χ4n) is 2.44. The molecule has 0 aliphatic carbocycles. The number of anilines is 1. The van der Waals surface area contributed by atoms with E-state index in [2.05, 4.69) is 41.7 Å². The molecule has 0 unspecified atom stereocenters. The molecule has 0 radical (unpaired) electrons. The molecule has 142 valence electrons. The van der Waals surface area contributed by atoms with Crippen LogP contribution < -0.4 is 15.5 Å². The minimum absolute atomic E-state index is 0. The lowest BCUT2D eigenvalue weighted by atomic mass is 10.3. The second-order valence-electron chi connectivity index (χ2n) is 5.57. The average molecular weight is 481 g/mol. The van der Waals surface area contributed by atoms with Crippen molar-refractivity contribution in [2.75, 3.05) is 51.2 Å². The number of carbonyl (C=O) groups excluding carboxylic acids is 1. The van der Waals surface area contributed by atoms with Gasteiger partial charge in [0.1, 0.15) is 5.82 Å². The monoisotopic (exact) mass is 481 g/mol. The summed E-state index contributed by atoms with van der Waals surface area (Å²) in [4.78, 5) is 25.0. The van der Waals surface area contributed by atoms with Crippen molar-refractivity contribution in [1.29, 1.82) is 0 Å². The van der Waals surface area contributed by atoms with Crippen LogP contribution in [0.25, 0.3) is 0 Å². The van der Waals surface area contributed by atoms with Gasteiger partial charge in [-0.05, 0) is 6.42 Å². The van der Waals surface area contributed by atoms with Crippen molar-refractivity contribution >= 4 is 52.5 Å². The number of amides is 1. The summed E-state index contributed by atoms with van der Waals surface area (Å²) >= 11 is 1.47. The molecule has 1 aliphatic rings. The minimum Gasteiger partial charge on any atom is -0.355 e. The first kappa shape index (κ1) is 21.9. The van der Waals surface area contributed by atoms with Crippen molar-refractivity contribution in [1.82, 2.24) is 24.9 Å². The van der Waals surface area contributed by atoms with Gasteiger partial charge in [-0.2, -0.15) is 4.37 Å². The lowest BCUT2D eigenvalue weighted by molar-refractivity contribution is -0.120. The van der Waals surface area contributed by atoms with Crippen molar-refractivity contribution in [2.45, 2.75) is 26.7 Å². The van der Waals surface area contributed by atoms with E-state index in [0.29, 0.717) is 6.54 Å². The molecule has 1 aromatic heterocycles. The number of hydrogen-bond donors (Lipinski definition) is 2. The highest BCUT2D eigenvalue weighted by Crippen LogP contribution is 2.19. The first-order valence-corrected chi connectivity index (χ1v) is 9.25. The molecule has 1 aliphatic heterocycles. The van der Waals surface area contributed by atoms with Gasteiger partial charge in [-0.3, -0.25) is 9.79 Å². The van der Waals surface area contributed by atoms with Crippen LogP contribution in [0.15, 0.2) is 4.99 Å². The van der Waals surface area contributed by atoms with Crippen molar-refractivity contribution in [2.24, 2.45) is 4.99 Å². The molecule has 0 atom stereocenters. The van der Waals surface area contributed by atoms with E-state index in [4.69, 9.17) is 0 Å². The molecular formula is C15H28IN7OS. The second kappa shape index (κ2) is 11.4. The van der Waals surface area contributed by atoms with Gasteiger partial charge in [0.15, 0.2) is 5.96 Å². The molecule has 2 N–H and O–H groups in total. The molecule has 0 bridgehead atoms. The second-order valence-corrected chi connectivity index (χ2v) is 6.30. The van der Waals surface area contributed by atoms with Gasteiger partial charge in [0, 0.05) is 57.7 Å². The van der Waals surface area contributed by atoms with Gasteiger partial charge in [-0.25, -0.2) is 4.98 Å². The third-order valence-electron chi connectivity index (χ3n) is 3.81. The summed E-state index contributed by atoms with van der Waals surface area (Å²) in [6.45, 7) is 8.50. The Morgan fingerprint density at radius 3 is 2.52 bits per heavy atom. The molecule has 1 amide bonds. The number of piperazine rings is 1. The van der Waals surface area contributed by atoms with Crippen LogP contribution in [-0.2, 0) is 11.2 Å². The van der Waals surface area contributed by atoms with Crippen LogP contribution in [0.1, 0.15) is 26.1 Å². The Morgan fingerprint density at radius 1 is 1.24 bits per heavy atom. The SMILES string of the molecule is CCCNC(=O)CNC(=NC)N1CCN(c2nc(CC)ns2)CC1.I. The van der Waals surface area contributed by atoms with Crippen LogP contribution >= 0.6 is 35.5 Å². The predicted octanol–water partition coefficient (Wildman–Crippen LogP) is 0.942. The van der Waals surface area contributed by atoms with Crippen molar-refractivity contribution in [3.05, 3.63) is 5.82 Å². The van der Waals surface area contributed by atoms with E-state index >= 15 is 0 Å². The number of aryl methyl sites for hydroxylation is 1. The third-order valence-corrected chi connectivity index (χ3v) is 4.63. The summed E-state index contributed by atoms with van der Waals surface area (Å²) in [6, 6.07) is 0. The van der Waals surface area contributed by atoms with Gasteiger partial charge in [-0.15, -0.1) is 24.0 Å². The van der Waals surface area contributed by atoms with Crippen LogP contribution in [0.3, 0.4) is 0 Å². The maximum absolute atomic E-state index is 11.7. The van der Waals surface area contributed by atoms with E-state index in [1.807, 2.05) is 6.92 Å². The molecule has 25 heavy (non-hydrogen) atoms. The number of nitrogens with one attached hydrogen (secondary N) is 2. The number of halogens is 1. The largest absolute Gasteiger partial charge is 0.355 e. The summed E-state index contributed by atoms with van der Waals surface area (Å²) in [6.07, 6.45) is 1.81. The van der Waals surface area contributed by atoms with Gasteiger partial charge in [0.05, 0.1) is 6.54 Å². The van der Waals surface area contributed by atoms with E-state index in [1.54, 1.807) is 7.05 Å². The fourth-order valence-corrected chi connectivity index (χ4v) is 3.25. The molecule has 2 rings (SSSR count). The molecule has 0 saturated carbocycles. The van der Waals surface area contributed by atoms with Gasteiger partial charge in [-0.1, -0.05) is 13.8 Å². The van der Waals surface area contributed by atoms with Crippen molar-refractivity contribution < 1.29 is 4.79 Å². The smallest absolute Gasteiger partial charge is 0.239 e. The zero-order valence-corrected chi connectivity index (χ0v) is 18.3. The Morgan fingerprint density at radius 2 is 1.96 bits per heavy atom. The van der Waals surface area contributed by atoms with E-state index < -0.39 is 0 Å². The summed E-state index contributed by atoms with van der Waals surface area (Å²) in [5.74, 6) is 1.68. The van der Waals surface area contributed by atoms with Crippen LogP contribution in [0.2, 0.25) is 0 Å². The maximum Gasteiger partial charge on any atom is 0.239 e. The normalized spacial score (nSPS) is 14.9. The Balaban J connectivity index is 0.00000312. The molecular weight excluding hydrogens is 453 g/mol. The van der Waals surface area contributed by atoms with E-state index in [0.717, 1.165) is 55.9 Å². The lowest BCUT2D eigenvalue weighted by Crippen LogP contribution is -2.53. The number of rotatable bonds is 6. The Hall–Kier alpha value is -1.17. The zero-order chi connectivity index (χ0) is 17.4. The molecule has 1 saturated heterocycles. The summed E-state index contributed by atoms with van der Waals surface area (Å²) in [7, 11) is 1.75. The predicted molar refractivity (Wildman–Crippen MR) is 113 cm³/mol. The van der Waals surface area contributed by atoms with E-state index in [9.17, 15) is 4.79 Å². The Labute approximate surface area is 170 Å². The van der Waals surface area contributed by atoms with Crippen molar-refractivity contribution in [3.63, 3.8) is 0 Å². The summed E-state index contributed by atoms with van der Waals surface area (Å²) < 4.78 is 4.35. The van der Waals surface area contributed by atoms with E-state index in [1.165, 1.54) is 11.5 Å². The highest BCUT2D eigenvalue weighted by Gasteiger charge is 2.22. The van der Waals surface area contributed by atoms with Crippen LogP contribution in [0.5, 0.6) is 0 Å². The highest BCUT2D eigenvalue weighted by atomic mass is 127. The zero-order valence-electron chi connectivity index (χ0n) is 15.1. The van der Waals surface area contributed by atoms with Gasteiger partial charge >= 0.3 is 0 Å². The third kappa shape index (κ3) is 6.57. The standard InChI is InChI=1S/C15H27N7OS.HI/c1-4-6-17-13(23)11-18-14(16-3)21-7-9-22(10-8-21)15-19-12(5-2)20-24-15;/h4-11H2,1-3H3,(H,16,18)(H,17,23);1H. The number of hydrogen-bond acceptors (Lipinski definition) is 6. The molecule has 1 fully saturated rings. The average Bonchev–Trinajstić information content (AvgIpc) is 3.10. The summed E-state index contributed by atoms with van der Waals surface area (Å²) in [5.41, 5.74) is 0. The molecule has 0 aromatic carbocycles. The molecule has 0 spiro atoms. The Kier molecular flexibility index (Phi) is 10.0. The van der Waals surface area contributed by atoms with Crippen LogP contribution in [0.4, 0.5) is 5.13 Å². The van der Waals surface area contributed by atoms with E-state index in [-0.39, 0.29) is 36.4 Å². The van der Waals surface area contributed by atoms with Crippen molar-refractivity contribution in [3.8, 4) is 0 Å². The fraction of sp³-hybridized carbons (Fsp3) is 0.733. The molecule has 1 aromatic rings. The highest BCUT2D eigenvalue weighted by molar-refractivity contribution is 14.0. The molecule has 10 heteroatoms. The number of aromatic nitrogens is 2. The Bertz CT molecular complexity index is 558. The minimum atomic E-state index is -0.00223. The van der Waals surface area contributed by atoms with Crippen LogP contribution in [0, 0.1) is 0 Å². The van der Waals surface area contributed by atoms with Gasteiger partial charge in [0.2, 0.25) is 11.0 Å². The number of aliphatic imine (C=N–C) groups is 1. The van der Waals surface area contributed by atoms with Gasteiger partial charge in [0.25, 0.3) is 0 Å². The first-order valence-electron chi connectivity index (χ1n) is 8.47. The van der Waals surface area contributed by atoms with Crippen LogP contribution in [-0.4, -0.2) is 72.4 Å². The molecule has 8 nitrogen and oxygen atoms in total. The first-order chi connectivity index (χ1) is 11.7. The number of carbonyl (C=O) groups is 1.